The first-order valence-corrected chi connectivity index (χ1v) is 8.35. The molecule has 26 heavy (non-hydrogen) atoms. The number of hydrogen-bond acceptors (Lipinski definition) is 3. The molecule has 0 aliphatic carbocycles. The van der Waals surface area contributed by atoms with Crippen LogP contribution in [0.3, 0.4) is 0 Å². The van der Waals surface area contributed by atoms with Gasteiger partial charge in [-0.15, -0.1) is 0 Å². The summed E-state index contributed by atoms with van der Waals surface area (Å²) in [5, 5.41) is 4.57. The number of likely N-dealkylation sites (tertiary alicyclic amines) is 1. The second-order valence-electron chi connectivity index (χ2n) is 6.13. The van der Waals surface area contributed by atoms with E-state index in [1.165, 1.54) is 17.0 Å². The Morgan fingerprint density at radius 2 is 1.85 bits per heavy atom. The molecule has 5 nitrogen and oxygen atoms in total. The predicted molar refractivity (Wildman–Crippen MR) is 88.3 cm³/mol. The second kappa shape index (κ2) is 8.68. The molecule has 1 aliphatic rings. The number of nitrogens with zero attached hydrogens (tertiary/aromatic N) is 1. The van der Waals surface area contributed by atoms with Crippen molar-refractivity contribution in [3.8, 4) is 0 Å². The van der Waals surface area contributed by atoms with Gasteiger partial charge in [-0.05, 0) is 50.0 Å². The van der Waals surface area contributed by atoms with E-state index in [4.69, 9.17) is 11.6 Å². The summed E-state index contributed by atoms with van der Waals surface area (Å²) < 4.78 is 50.1. The minimum absolute atomic E-state index is 0.0106. The molecule has 144 valence electrons. The normalized spacial score (nSPS) is 16.3. The van der Waals surface area contributed by atoms with Gasteiger partial charge in [0.05, 0.1) is 11.6 Å². The van der Waals surface area contributed by atoms with Gasteiger partial charge < -0.3 is 10.6 Å². The van der Waals surface area contributed by atoms with Crippen LogP contribution in [-0.2, 0) is 9.59 Å². The van der Waals surface area contributed by atoms with Gasteiger partial charge in [0, 0.05) is 12.2 Å². The number of carbonyl (C=O) groups is 2. The minimum atomic E-state index is -4.22. The Morgan fingerprint density at radius 3 is 2.42 bits per heavy atom. The molecule has 2 amide bonds. The third kappa shape index (κ3) is 6.45. The molecule has 0 radical (unpaired) electrons. The highest BCUT2D eigenvalue weighted by Gasteiger charge is 2.32. The molecule has 0 bridgehead atoms. The van der Waals surface area contributed by atoms with Crippen molar-refractivity contribution >= 4 is 29.1 Å². The molecular formula is C16H18ClF4N3O2. The van der Waals surface area contributed by atoms with E-state index >= 15 is 0 Å². The fourth-order valence-electron chi connectivity index (χ4n) is 2.68. The van der Waals surface area contributed by atoms with Gasteiger partial charge in [0.15, 0.2) is 0 Å². The number of alkyl halides is 3. The van der Waals surface area contributed by atoms with E-state index in [0.29, 0.717) is 25.9 Å². The Bertz CT molecular complexity index is 661. The van der Waals surface area contributed by atoms with E-state index in [2.05, 4.69) is 10.6 Å². The van der Waals surface area contributed by atoms with E-state index in [1.54, 1.807) is 0 Å². The van der Waals surface area contributed by atoms with Crippen LogP contribution in [0.4, 0.5) is 23.2 Å². The molecule has 0 saturated carbocycles. The molecule has 0 unspecified atom stereocenters. The first kappa shape index (κ1) is 20.4. The molecule has 1 aromatic rings. The first-order chi connectivity index (χ1) is 12.1. The van der Waals surface area contributed by atoms with Gasteiger partial charge in [-0.25, -0.2) is 4.39 Å². The lowest BCUT2D eigenvalue weighted by Gasteiger charge is -2.32. The van der Waals surface area contributed by atoms with E-state index in [1.807, 2.05) is 0 Å². The first-order valence-electron chi connectivity index (χ1n) is 7.97. The van der Waals surface area contributed by atoms with Gasteiger partial charge in [-0.2, -0.15) is 13.2 Å². The minimum Gasteiger partial charge on any atom is -0.348 e. The van der Waals surface area contributed by atoms with Crippen LogP contribution in [0.5, 0.6) is 0 Å². The zero-order valence-corrected chi connectivity index (χ0v) is 14.5. The summed E-state index contributed by atoms with van der Waals surface area (Å²) in [6, 6.07) is 3.51. The smallest absolute Gasteiger partial charge is 0.348 e. The number of benzene rings is 1. The number of piperidine rings is 1. The summed E-state index contributed by atoms with van der Waals surface area (Å²) in [5.41, 5.74) is 0.178. The molecular weight excluding hydrogens is 378 g/mol. The topological polar surface area (TPSA) is 61.4 Å². The van der Waals surface area contributed by atoms with Crippen LogP contribution >= 0.6 is 11.6 Å². The van der Waals surface area contributed by atoms with Gasteiger partial charge >= 0.3 is 18.0 Å². The van der Waals surface area contributed by atoms with Crippen molar-refractivity contribution < 1.29 is 27.2 Å². The largest absolute Gasteiger partial charge is 0.401 e. The summed E-state index contributed by atoms with van der Waals surface area (Å²) >= 11 is 5.59. The SMILES string of the molecule is O=C(NCC1CCN(CC(F)(F)F)CC1)C(=O)Nc1ccc(F)c(Cl)c1. The van der Waals surface area contributed by atoms with Gasteiger partial charge in [0.1, 0.15) is 5.82 Å². The summed E-state index contributed by atoms with van der Waals surface area (Å²) in [6.07, 6.45) is -3.21. The Hall–Kier alpha value is -1.87. The summed E-state index contributed by atoms with van der Waals surface area (Å²) in [5.74, 6) is -2.44. The quantitative estimate of drug-likeness (QED) is 0.609. The zero-order chi connectivity index (χ0) is 19.3. The van der Waals surface area contributed by atoms with Crippen LogP contribution in [0, 0.1) is 11.7 Å². The Balaban J connectivity index is 1.73. The average Bonchev–Trinajstić information content (AvgIpc) is 2.56. The second-order valence-corrected chi connectivity index (χ2v) is 6.53. The van der Waals surface area contributed by atoms with Crippen LogP contribution in [0.25, 0.3) is 0 Å². The Kier molecular flexibility index (Phi) is 6.82. The third-order valence-electron chi connectivity index (χ3n) is 4.05. The Morgan fingerprint density at radius 1 is 1.19 bits per heavy atom. The fourth-order valence-corrected chi connectivity index (χ4v) is 2.86. The number of rotatable bonds is 4. The summed E-state index contributed by atoms with van der Waals surface area (Å²) in [6.45, 7) is -0.147. The molecule has 2 N–H and O–H groups in total. The monoisotopic (exact) mass is 395 g/mol. The van der Waals surface area contributed by atoms with Gasteiger partial charge in [-0.3, -0.25) is 14.5 Å². The van der Waals surface area contributed by atoms with Crippen molar-refractivity contribution in [3.63, 3.8) is 0 Å². The highest BCUT2D eigenvalue weighted by atomic mass is 35.5. The molecule has 0 atom stereocenters. The lowest BCUT2D eigenvalue weighted by atomic mass is 9.97. The summed E-state index contributed by atoms with van der Waals surface area (Å²) in [7, 11) is 0. The number of hydrogen-bond donors (Lipinski definition) is 2. The molecule has 1 saturated heterocycles. The molecule has 1 aromatic carbocycles. The van der Waals surface area contributed by atoms with Gasteiger partial charge in [0.25, 0.3) is 0 Å². The molecule has 10 heteroatoms. The number of carbonyl (C=O) groups excluding carboxylic acids is 2. The average molecular weight is 396 g/mol. The number of anilines is 1. The van der Waals surface area contributed by atoms with E-state index in [0.717, 1.165) is 6.07 Å². The van der Waals surface area contributed by atoms with Crippen molar-refractivity contribution in [1.82, 2.24) is 10.2 Å². The molecule has 2 rings (SSSR count). The van der Waals surface area contributed by atoms with Crippen LogP contribution in [0.15, 0.2) is 18.2 Å². The number of amides is 2. The predicted octanol–water partition coefficient (Wildman–Crippen LogP) is 2.81. The summed E-state index contributed by atoms with van der Waals surface area (Å²) in [4.78, 5) is 24.9. The fraction of sp³-hybridized carbons (Fsp3) is 0.500. The lowest BCUT2D eigenvalue weighted by Crippen LogP contribution is -2.44. The van der Waals surface area contributed by atoms with Gasteiger partial charge in [-0.1, -0.05) is 11.6 Å². The Labute approximate surface area is 152 Å². The number of nitrogens with one attached hydrogen (secondary N) is 2. The van der Waals surface area contributed by atoms with Gasteiger partial charge in [0.2, 0.25) is 0 Å². The van der Waals surface area contributed by atoms with Crippen LogP contribution < -0.4 is 10.6 Å². The zero-order valence-electron chi connectivity index (χ0n) is 13.7. The molecule has 1 fully saturated rings. The lowest BCUT2D eigenvalue weighted by molar-refractivity contribution is -0.148. The molecule has 0 spiro atoms. The van der Waals surface area contributed by atoms with Crippen LogP contribution in [0.2, 0.25) is 5.02 Å². The van der Waals surface area contributed by atoms with Crippen molar-refractivity contribution in [2.24, 2.45) is 5.92 Å². The highest BCUT2D eigenvalue weighted by Crippen LogP contribution is 2.22. The van der Waals surface area contributed by atoms with Crippen molar-refractivity contribution in [1.29, 1.82) is 0 Å². The third-order valence-corrected chi connectivity index (χ3v) is 4.33. The van der Waals surface area contributed by atoms with E-state index in [9.17, 15) is 27.2 Å². The highest BCUT2D eigenvalue weighted by molar-refractivity contribution is 6.39. The van der Waals surface area contributed by atoms with Crippen LogP contribution in [0.1, 0.15) is 12.8 Å². The standard InChI is InChI=1S/C16H18ClF4N3O2/c17-12-7-11(1-2-13(12)18)23-15(26)14(25)22-8-10-3-5-24(6-4-10)9-16(19,20)21/h1-2,7,10H,3-6,8-9H2,(H,22,25)(H,23,26). The number of halogens is 5. The van der Waals surface area contributed by atoms with Crippen LogP contribution in [-0.4, -0.2) is 49.1 Å². The maximum Gasteiger partial charge on any atom is 0.401 e. The molecule has 1 heterocycles. The van der Waals surface area contributed by atoms with E-state index < -0.39 is 30.4 Å². The maximum atomic E-state index is 13.1. The van der Waals surface area contributed by atoms with E-state index in [-0.39, 0.29) is 23.2 Å². The maximum absolute atomic E-state index is 13.1. The van der Waals surface area contributed by atoms with Crippen molar-refractivity contribution in [2.75, 3.05) is 31.5 Å². The molecule has 0 aromatic heterocycles. The molecule has 1 aliphatic heterocycles. The van der Waals surface area contributed by atoms with Crippen molar-refractivity contribution in [3.05, 3.63) is 29.0 Å². The van der Waals surface area contributed by atoms with Crippen molar-refractivity contribution in [2.45, 2.75) is 19.0 Å².